The molecule has 1 unspecified atom stereocenters. The number of rotatable bonds is 4. The van der Waals surface area contributed by atoms with Crippen molar-refractivity contribution in [3.8, 4) is 0 Å². The molecule has 5 heteroatoms. The molecule has 0 fully saturated rings. The van der Waals surface area contributed by atoms with E-state index in [0.29, 0.717) is 15.6 Å². The topological polar surface area (TPSA) is 55.1 Å². The minimum atomic E-state index is -1.16. The third kappa shape index (κ3) is 3.31. The summed E-state index contributed by atoms with van der Waals surface area (Å²) >= 11 is 12.2. The monoisotopic (exact) mass is 322 g/mol. The predicted octanol–water partition coefficient (Wildman–Crippen LogP) is 4.11. The lowest BCUT2D eigenvalue weighted by molar-refractivity contribution is -0.122. The van der Waals surface area contributed by atoms with E-state index in [4.69, 9.17) is 28.9 Å². The van der Waals surface area contributed by atoms with Gasteiger partial charge in [-0.15, -0.1) is 0 Å². The maximum absolute atomic E-state index is 12.0. The third-order valence-electron chi connectivity index (χ3n) is 3.37. The maximum atomic E-state index is 12.0. The van der Waals surface area contributed by atoms with Crippen LogP contribution >= 0.6 is 23.2 Å². The first kappa shape index (κ1) is 15.7. The SMILES string of the molecule is Cc1cccc(NC(C)(C(N)=O)c2cc(Cl)ccc2Cl)c1. The van der Waals surface area contributed by atoms with Crippen molar-refractivity contribution in [3.05, 3.63) is 63.6 Å². The van der Waals surface area contributed by atoms with Gasteiger partial charge in [0, 0.05) is 21.3 Å². The summed E-state index contributed by atoms with van der Waals surface area (Å²) in [6, 6.07) is 12.6. The van der Waals surface area contributed by atoms with Crippen molar-refractivity contribution < 1.29 is 4.79 Å². The van der Waals surface area contributed by atoms with Crippen LogP contribution in [-0.2, 0) is 10.3 Å². The van der Waals surface area contributed by atoms with Crippen molar-refractivity contribution in [2.45, 2.75) is 19.4 Å². The van der Waals surface area contributed by atoms with Crippen LogP contribution in [0.15, 0.2) is 42.5 Å². The van der Waals surface area contributed by atoms with Gasteiger partial charge in [0.1, 0.15) is 5.54 Å². The lowest BCUT2D eigenvalue weighted by atomic mass is 9.90. The molecule has 3 nitrogen and oxygen atoms in total. The standard InChI is InChI=1S/C16H16Cl2N2O/c1-10-4-3-5-12(8-10)20-16(2,15(19)21)13-9-11(17)6-7-14(13)18/h3-9,20H,1-2H3,(H2,19,21). The Morgan fingerprint density at radius 3 is 2.52 bits per heavy atom. The zero-order valence-corrected chi connectivity index (χ0v) is 13.3. The summed E-state index contributed by atoms with van der Waals surface area (Å²) in [4.78, 5) is 12.0. The highest BCUT2D eigenvalue weighted by Gasteiger charge is 2.35. The summed E-state index contributed by atoms with van der Waals surface area (Å²) < 4.78 is 0. The van der Waals surface area contributed by atoms with Gasteiger partial charge in [-0.05, 0) is 49.7 Å². The lowest BCUT2D eigenvalue weighted by Gasteiger charge is -2.30. The second-order valence-corrected chi connectivity index (χ2v) is 5.95. The van der Waals surface area contributed by atoms with E-state index in [-0.39, 0.29) is 0 Å². The van der Waals surface area contributed by atoms with E-state index < -0.39 is 11.4 Å². The minimum Gasteiger partial charge on any atom is -0.368 e. The molecule has 21 heavy (non-hydrogen) atoms. The van der Waals surface area contributed by atoms with E-state index in [9.17, 15) is 4.79 Å². The maximum Gasteiger partial charge on any atom is 0.247 e. The number of hydrogen-bond acceptors (Lipinski definition) is 2. The van der Waals surface area contributed by atoms with Gasteiger partial charge in [-0.3, -0.25) is 4.79 Å². The summed E-state index contributed by atoms with van der Waals surface area (Å²) in [6.07, 6.45) is 0. The van der Waals surface area contributed by atoms with Crippen LogP contribution in [0.3, 0.4) is 0 Å². The second kappa shape index (κ2) is 5.96. The molecule has 0 aliphatic carbocycles. The molecule has 0 spiro atoms. The highest BCUT2D eigenvalue weighted by molar-refractivity contribution is 6.34. The molecule has 1 atom stereocenters. The van der Waals surface area contributed by atoms with Crippen LogP contribution in [0.1, 0.15) is 18.1 Å². The Bertz CT molecular complexity index is 688. The zero-order valence-electron chi connectivity index (χ0n) is 11.8. The number of primary amides is 1. The Hall–Kier alpha value is -1.71. The average molecular weight is 323 g/mol. The van der Waals surface area contributed by atoms with Gasteiger partial charge in [0.2, 0.25) is 5.91 Å². The minimum absolute atomic E-state index is 0.431. The largest absolute Gasteiger partial charge is 0.368 e. The van der Waals surface area contributed by atoms with Crippen molar-refractivity contribution in [2.24, 2.45) is 5.73 Å². The van der Waals surface area contributed by atoms with Gasteiger partial charge in [0.15, 0.2) is 0 Å². The molecule has 0 aromatic heterocycles. The molecule has 0 radical (unpaired) electrons. The van der Waals surface area contributed by atoms with Gasteiger partial charge in [0.25, 0.3) is 0 Å². The normalized spacial score (nSPS) is 13.5. The van der Waals surface area contributed by atoms with Crippen LogP contribution in [0.5, 0.6) is 0 Å². The van der Waals surface area contributed by atoms with Crippen LogP contribution in [0.2, 0.25) is 10.0 Å². The van der Waals surface area contributed by atoms with E-state index in [2.05, 4.69) is 5.32 Å². The van der Waals surface area contributed by atoms with Crippen LogP contribution < -0.4 is 11.1 Å². The fourth-order valence-corrected chi connectivity index (χ4v) is 2.63. The summed E-state index contributed by atoms with van der Waals surface area (Å²) in [5.74, 6) is -0.534. The average Bonchev–Trinajstić information content (AvgIpc) is 2.41. The smallest absolute Gasteiger partial charge is 0.247 e. The fraction of sp³-hybridized carbons (Fsp3) is 0.188. The number of carbonyl (C=O) groups is 1. The first-order chi connectivity index (χ1) is 9.83. The molecule has 2 aromatic rings. The van der Waals surface area contributed by atoms with Gasteiger partial charge in [0.05, 0.1) is 0 Å². The molecule has 0 saturated carbocycles. The van der Waals surface area contributed by atoms with E-state index in [1.54, 1.807) is 25.1 Å². The van der Waals surface area contributed by atoms with Gasteiger partial charge < -0.3 is 11.1 Å². The molecule has 0 saturated heterocycles. The molecule has 0 aliphatic heterocycles. The van der Waals surface area contributed by atoms with Crippen LogP contribution in [0.25, 0.3) is 0 Å². The Kier molecular flexibility index (Phi) is 4.45. The lowest BCUT2D eigenvalue weighted by Crippen LogP contribution is -2.45. The molecular formula is C16H16Cl2N2O. The predicted molar refractivity (Wildman–Crippen MR) is 87.8 cm³/mol. The second-order valence-electron chi connectivity index (χ2n) is 5.11. The number of anilines is 1. The number of nitrogens with one attached hydrogen (secondary N) is 1. The Morgan fingerprint density at radius 2 is 1.90 bits per heavy atom. The van der Waals surface area contributed by atoms with E-state index in [1.165, 1.54) is 0 Å². The van der Waals surface area contributed by atoms with E-state index in [1.807, 2.05) is 31.2 Å². The molecule has 1 amide bonds. The van der Waals surface area contributed by atoms with Crippen LogP contribution in [0, 0.1) is 6.92 Å². The molecule has 0 aliphatic rings. The van der Waals surface area contributed by atoms with Crippen molar-refractivity contribution in [2.75, 3.05) is 5.32 Å². The summed E-state index contributed by atoms with van der Waals surface area (Å²) in [5, 5.41) is 4.09. The number of halogens is 2. The Labute approximate surface area is 134 Å². The summed E-state index contributed by atoms with van der Waals surface area (Å²) in [5.41, 5.74) is 6.85. The molecule has 2 aromatic carbocycles. The van der Waals surface area contributed by atoms with Gasteiger partial charge >= 0.3 is 0 Å². The first-order valence-electron chi connectivity index (χ1n) is 6.43. The highest BCUT2D eigenvalue weighted by atomic mass is 35.5. The van der Waals surface area contributed by atoms with Crippen molar-refractivity contribution >= 4 is 34.8 Å². The third-order valence-corrected chi connectivity index (χ3v) is 3.94. The molecule has 110 valence electrons. The molecular weight excluding hydrogens is 307 g/mol. The Morgan fingerprint density at radius 1 is 1.19 bits per heavy atom. The number of amides is 1. The van der Waals surface area contributed by atoms with Gasteiger partial charge in [-0.25, -0.2) is 0 Å². The first-order valence-corrected chi connectivity index (χ1v) is 7.19. The summed E-state index contributed by atoms with van der Waals surface area (Å²) in [7, 11) is 0. The van der Waals surface area contributed by atoms with Crippen LogP contribution in [0.4, 0.5) is 5.69 Å². The van der Waals surface area contributed by atoms with Crippen molar-refractivity contribution in [1.82, 2.24) is 0 Å². The number of aryl methyl sites for hydroxylation is 1. The quantitative estimate of drug-likeness (QED) is 0.889. The van der Waals surface area contributed by atoms with Crippen molar-refractivity contribution in [3.63, 3.8) is 0 Å². The number of nitrogens with two attached hydrogens (primary N) is 1. The molecule has 0 bridgehead atoms. The van der Waals surface area contributed by atoms with Crippen LogP contribution in [-0.4, -0.2) is 5.91 Å². The van der Waals surface area contributed by atoms with Gasteiger partial charge in [-0.1, -0.05) is 35.3 Å². The number of carbonyl (C=O) groups excluding carboxylic acids is 1. The summed E-state index contributed by atoms with van der Waals surface area (Å²) in [6.45, 7) is 3.66. The molecule has 3 N–H and O–H groups in total. The number of hydrogen-bond donors (Lipinski definition) is 2. The fourth-order valence-electron chi connectivity index (χ4n) is 2.15. The highest BCUT2D eigenvalue weighted by Crippen LogP contribution is 2.33. The molecule has 0 heterocycles. The van der Waals surface area contributed by atoms with E-state index in [0.717, 1.165) is 11.3 Å². The van der Waals surface area contributed by atoms with E-state index >= 15 is 0 Å². The number of benzene rings is 2. The van der Waals surface area contributed by atoms with Gasteiger partial charge in [-0.2, -0.15) is 0 Å². The Balaban J connectivity index is 2.50. The molecule has 2 rings (SSSR count). The zero-order chi connectivity index (χ0) is 15.6. The van der Waals surface area contributed by atoms with Crippen molar-refractivity contribution in [1.29, 1.82) is 0 Å².